The first-order valence-corrected chi connectivity index (χ1v) is 6.13. The van der Waals surface area contributed by atoms with Crippen molar-refractivity contribution in [2.24, 2.45) is 12.9 Å². The van der Waals surface area contributed by atoms with Crippen molar-refractivity contribution >= 4 is 15.9 Å². The zero-order chi connectivity index (χ0) is 15.9. The number of hydrogen-bond acceptors (Lipinski definition) is 4. The highest BCUT2D eigenvalue weighted by Crippen LogP contribution is 2.33. The summed E-state index contributed by atoms with van der Waals surface area (Å²) in [6.07, 6.45) is 0. The van der Waals surface area contributed by atoms with E-state index in [9.17, 15) is 22.0 Å². The molecule has 0 fully saturated rings. The van der Waals surface area contributed by atoms with Crippen molar-refractivity contribution in [3.05, 3.63) is 44.9 Å². The smallest absolute Gasteiger partial charge is 0.200 e. The largest absolute Gasteiger partial charge is 0.271 e. The summed E-state index contributed by atoms with van der Waals surface area (Å²) in [7, 11) is 1.36. The van der Waals surface area contributed by atoms with Gasteiger partial charge in [0.05, 0.1) is 17.3 Å². The van der Waals surface area contributed by atoms with E-state index in [2.05, 4.69) is 26.2 Å². The van der Waals surface area contributed by atoms with Crippen LogP contribution in [0.1, 0.15) is 17.3 Å². The van der Waals surface area contributed by atoms with Crippen LogP contribution in [-0.2, 0) is 7.05 Å². The molecule has 0 spiro atoms. The lowest BCUT2D eigenvalue weighted by atomic mass is 10.0. The maximum atomic E-state index is 13.8. The molecular weight excluding hydrogens is 365 g/mol. The van der Waals surface area contributed by atoms with Crippen LogP contribution in [0.15, 0.2) is 4.60 Å². The maximum Gasteiger partial charge on any atom is 0.200 e. The molecule has 0 saturated carbocycles. The predicted molar refractivity (Wildman–Crippen MR) is 64.1 cm³/mol. The van der Waals surface area contributed by atoms with Gasteiger partial charge >= 0.3 is 0 Å². The summed E-state index contributed by atoms with van der Waals surface area (Å²) in [4.78, 5) is 0. The van der Waals surface area contributed by atoms with E-state index in [0.717, 1.165) is 4.68 Å². The summed E-state index contributed by atoms with van der Waals surface area (Å²) in [6, 6.07) is -1.55. The Hall–Kier alpha value is -1.59. The van der Waals surface area contributed by atoms with Crippen molar-refractivity contribution < 1.29 is 22.0 Å². The van der Waals surface area contributed by atoms with E-state index in [4.69, 9.17) is 5.84 Å². The average molecular weight is 372 g/mol. The van der Waals surface area contributed by atoms with E-state index in [-0.39, 0.29) is 10.3 Å². The Balaban J connectivity index is 2.75. The van der Waals surface area contributed by atoms with Gasteiger partial charge in [-0.3, -0.25) is 5.84 Å². The van der Waals surface area contributed by atoms with E-state index in [1.807, 2.05) is 5.43 Å². The van der Waals surface area contributed by atoms with Gasteiger partial charge in [-0.2, -0.15) is 0 Å². The number of hydrazine groups is 1. The van der Waals surface area contributed by atoms with E-state index in [1.165, 1.54) is 7.05 Å². The summed E-state index contributed by atoms with van der Waals surface area (Å²) in [5.74, 6) is -5.13. The van der Waals surface area contributed by atoms with Gasteiger partial charge in [0.1, 0.15) is 0 Å². The molecule has 3 N–H and O–H groups in total. The van der Waals surface area contributed by atoms with E-state index in [0.29, 0.717) is 0 Å². The van der Waals surface area contributed by atoms with Gasteiger partial charge in [-0.05, 0) is 15.9 Å². The third-order valence-electron chi connectivity index (χ3n) is 2.80. The van der Waals surface area contributed by atoms with Gasteiger partial charge in [0.2, 0.25) is 5.82 Å². The van der Waals surface area contributed by atoms with E-state index >= 15 is 0 Å². The molecule has 5 nitrogen and oxygen atoms in total. The monoisotopic (exact) mass is 371 g/mol. The highest BCUT2D eigenvalue weighted by molar-refractivity contribution is 9.10. The van der Waals surface area contributed by atoms with Gasteiger partial charge < -0.3 is 0 Å². The van der Waals surface area contributed by atoms with Gasteiger partial charge in [0.25, 0.3) is 0 Å². The summed E-state index contributed by atoms with van der Waals surface area (Å²) in [6.45, 7) is 0. The van der Waals surface area contributed by atoms with Crippen LogP contribution in [0.4, 0.5) is 22.0 Å². The molecule has 0 aliphatic rings. The van der Waals surface area contributed by atoms with Gasteiger partial charge in [-0.15, -0.1) is 5.10 Å². The predicted octanol–water partition coefficient (Wildman–Crippen LogP) is 1.83. The molecule has 1 unspecified atom stereocenters. The zero-order valence-electron chi connectivity index (χ0n) is 10.3. The minimum absolute atomic E-state index is 0.0132. The van der Waals surface area contributed by atoms with Crippen LogP contribution in [-0.4, -0.2) is 15.0 Å². The normalized spacial score (nSPS) is 12.8. The lowest BCUT2D eigenvalue weighted by Crippen LogP contribution is -2.33. The third kappa shape index (κ3) is 2.40. The van der Waals surface area contributed by atoms with Crippen LogP contribution in [0, 0.1) is 29.1 Å². The van der Waals surface area contributed by atoms with E-state index < -0.39 is 40.7 Å². The van der Waals surface area contributed by atoms with Crippen molar-refractivity contribution in [2.75, 3.05) is 0 Å². The summed E-state index contributed by atoms with van der Waals surface area (Å²) >= 11 is 2.96. The molecule has 0 bridgehead atoms. The van der Waals surface area contributed by atoms with Gasteiger partial charge in [0, 0.05) is 7.05 Å². The Bertz CT molecular complexity index is 655. The molecular formula is C10H7BrF5N5. The molecule has 1 atom stereocenters. The number of halogens is 6. The second-order valence-electron chi connectivity index (χ2n) is 3.97. The Kier molecular flexibility index (Phi) is 4.25. The van der Waals surface area contributed by atoms with Crippen molar-refractivity contribution in [1.82, 2.24) is 20.4 Å². The molecule has 11 heteroatoms. The topological polar surface area (TPSA) is 68.8 Å². The zero-order valence-corrected chi connectivity index (χ0v) is 11.9. The molecule has 0 amide bonds. The number of aromatic nitrogens is 3. The fourth-order valence-corrected chi connectivity index (χ4v) is 2.38. The molecule has 0 aliphatic carbocycles. The number of rotatable bonds is 3. The fourth-order valence-electron chi connectivity index (χ4n) is 1.82. The molecule has 2 rings (SSSR count). The Labute approximate surface area is 123 Å². The summed E-state index contributed by atoms with van der Waals surface area (Å²) < 4.78 is 68.3. The molecule has 0 saturated heterocycles. The Morgan fingerprint density at radius 2 is 1.52 bits per heavy atom. The highest BCUT2D eigenvalue weighted by Gasteiger charge is 2.33. The summed E-state index contributed by atoms with van der Waals surface area (Å²) in [5, 5.41) is 7.11. The second kappa shape index (κ2) is 5.66. The molecule has 21 heavy (non-hydrogen) atoms. The minimum Gasteiger partial charge on any atom is -0.271 e. The van der Waals surface area contributed by atoms with Gasteiger partial charge in [0.15, 0.2) is 27.9 Å². The van der Waals surface area contributed by atoms with Crippen molar-refractivity contribution in [3.8, 4) is 0 Å². The van der Waals surface area contributed by atoms with Crippen LogP contribution in [0.5, 0.6) is 0 Å². The van der Waals surface area contributed by atoms with Gasteiger partial charge in [-0.25, -0.2) is 32.1 Å². The quantitative estimate of drug-likeness (QED) is 0.284. The van der Waals surface area contributed by atoms with Gasteiger partial charge in [-0.1, -0.05) is 5.21 Å². The molecule has 0 aliphatic heterocycles. The van der Waals surface area contributed by atoms with E-state index in [1.54, 1.807) is 0 Å². The lowest BCUT2D eigenvalue weighted by Gasteiger charge is -2.18. The summed E-state index contributed by atoms with van der Waals surface area (Å²) in [5.41, 5.74) is 0.853. The number of nitrogens with two attached hydrogens (primary N) is 1. The standard InChI is InChI=1S/C10H7BrF5N5/c1-21-9(10(11)19-20-21)8(18-17)2-3(12)5(14)7(16)6(15)4(2)13/h8,18H,17H2,1H3. The first kappa shape index (κ1) is 15.8. The Morgan fingerprint density at radius 3 is 1.90 bits per heavy atom. The second-order valence-corrected chi connectivity index (χ2v) is 4.72. The van der Waals surface area contributed by atoms with Crippen LogP contribution < -0.4 is 11.3 Å². The first-order valence-electron chi connectivity index (χ1n) is 5.33. The fraction of sp³-hybridized carbons (Fsp3) is 0.200. The lowest BCUT2D eigenvalue weighted by molar-refractivity contribution is 0.360. The van der Waals surface area contributed by atoms with Crippen molar-refractivity contribution in [2.45, 2.75) is 6.04 Å². The first-order chi connectivity index (χ1) is 9.81. The van der Waals surface area contributed by atoms with Crippen LogP contribution in [0.25, 0.3) is 0 Å². The SMILES string of the molecule is Cn1nnc(Br)c1C(NN)c1c(F)c(F)c(F)c(F)c1F. The number of nitrogens with one attached hydrogen (secondary N) is 1. The molecule has 1 aromatic carbocycles. The molecule has 0 radical (unpaired) electrons. The molecule has 1 heterocycles. The molecule has 2 aromatic rings. The number of hydrogen-bond donors (Lipinski definition) is 2. The molecule has 114 valence electrons. The number of nitrogens with zero attached hydrogens (tertiary/aromatic N) is 3. The number of aryl methyl sites for hydroxylation is 1. The van der Waals surface area contributed by atoms with Crippen LogP contribution in [0.3, 0.4) is 0 Å². The number of benzene rings is 1. The average Bonchev–Trinajstić information content (AvgIpc) is 2.79. The van der Waals surface area contributed by atoms with Crippen molar-refractivity contribution in [1.29, 1.82) is 0 Å². The third-order valence-corrected chi connectivity index (χ3v) is 3.36. The van der Waals surface area contributed by atoms with Crippen LogP contribution in [0.2, 0.25) is 0 Å². The Morgan fingerprint density at radius 1 is 1.05 bits per heavy atom. The van der Waals surface area contributed by atoms with Crippen molar-refractivity contribution in [3.63, 3.8) is 0 Å². The molecule has 1 aromatic heterocycles. The highest BCUT2D eigenvalue weighted by atomic mass is 79.9. The van der Waals surface area contributed by atoms with Crippen LogP contribution >= 0.6 is 15.9 Å². The minimum atomic E-state index is -2.24. The maximum absolute atomic E-state index is 13.8.